The minimum atomic E-state index is 0.238. The van der Waals surface area contributed by atoms with Gasteiger partial charge in [-0.15, -0.1) is 0 Å². The van der Waals surface area contributed by atoms with Crippen LogP contribution >= 0.6 is 0 Å². The molecular weight excluding hydrogens is 410 g/mol. The van der Waals surface area contributed by atoms with Crippen LogP contribution in [-0.4, -0.2) is 54.3 Å². The fraction of sp³-hybridized carbons (Fsp3) is 0.273. The number of anilines is 3. The molecule has 1 aromatic heterocycles. The van der Waals surface area contributed by atoms with Gasteiger partial charge < -0.3 is 24.4 Å². The van der Waals surface area contributed by atoms with Crippen molar-refractivity contribution in [2.45, 2.75) is 6.54 Å². The van der Waals surface area contributed by atoms with Crippen LogP contribution in [0, 0.1) is 0 Å². The zero-order chi connectivity index (χ0) is 21.6. The van der Waals surface area contributed by atoms with Gasteiger partial charge in [0.1, 0.15) is 0 Å². The van der Waals surface area contributed by atoms with Crippen LogP contribution in [0.2, 0.25) is 0 Å². The van der Waals surface area contributed by atoms with Crippen molar-refractivity contribution in [3.8, 4) is 11.5 Å². The highest BCUT2D eigenvalue weighted by molar-refractivity contribution is 5.81. The zero-order valence-corrected chi connectivity index (χ0v) is 17.4. The number of hydrogen-bond donors (Lipinski definition) is 2. The van der Waals surface area contributed by atoms with Crippen LogP contribution in [0.3, 0.4) is 0 Å². The minimum absolute atomic E-state index is 0.238. The van der Waals surface area contributed by atoms with Crippen molar-refractivity contribution in [3.63, 3.8) is 0 Å². The number of nitrogens with one attached hydrogen (secondary N) is 2. The first kappa shape index (κ1) is 20.0. The molecular formula is C22H23N7O3. The van der Waals surface area contributed by atoms with Gasteiger partial charge in [0.15, 0.2) is 11.5 Å². The molecule has 32 heavy (non-hydrogen) atoms. The minimum Gasteiger partial charge on any atom is -0.454 e. The predicted octanol–water partition coefficient (Wildman–Crippen LogP) is 2.50. The van der Waals surface area contributed by atoms with Gasteiger partial charge in [-0.05, 0) is 29.3 Å². The molecule has 5 rings (SSSR count). The maximum absolute atomic E-state index is 5.45. The maximum atomic E-state index is 5.45. The van der Waals surface area contributed by atoms with E-state index >= 15 is 0 Å². The van der Waals surface area contributed by atoms with E-state index in [1.807, 2.05) is 48.5 Å². The van der Waals surface area contributed by atoms with E-state index in [0.717, 1.165) is 30.0 Å². The highest BCUT2D eigenvalue weighted by atomic mass is 16.7. The summed E-state index contributed by atoms with van der Waals surface area (Å²) < 4.78 is 16.2. The number of hydrazone groups is 1. The van der Waals surface area contributed by atoms with Crippen molar-refractivity contribution >= 4 is 24.1 Å². The first-order chi connectivity index (χ1) is 15.8. The number of aromatic nitrogens is 3. The molecule has 10 heteroatoms. The van der Waals surface area contributed by atoms with Crippen LogP contribution in [0.15, 0.2) is 53.6 Å². The van der Waals surface area contributed by atoms with Crippen molar-refractivity contribution in [1.29, 1.82) is 0 Å². The van der Waals surface area contributed by atoms with Crippen molar-refractivity contribution in [1.82, 2.24) is 15.0 Å². The Hall–Kier alpha value is -3.92. The van der Waals surface area contributed by atoms with Gasteiger partial charge in [-0.1, -0.05) is 30.3 Å². The summed E-state index contributed by atoms with van der Waals surface area (Å²) in [6, 6.07) is 15.7. The molecule has 3 heterocycles. The van der Waals surface area contributed by atoms with E-state index in [0.29, 0.717) is 43.4 Å². The Labute approximate surface area is 185 Å². The molecule has 1 fully saturated rings. The third-order valence-corrected chi connectivity index (χ3v) is 4.99. The summed E-state index contributed by atoms with van der Waals surface area (Å²) in [5, 5.41) is 7.56. The topological polar surface area (TPSA) is 106 Å². The second-order valence-corrected chi connectivity index (χ2v) is 7.20. The first-order valence-electron chi connectivity index (χ1n) is 10.4. The molecule has 0 bridgehead atoms. The molecule has 3 aromatic rings. The third-order valence-electron chi connectivity index (χ3n) is 4.99. The quantitative estimate of drug-likeness (QED) is 0.429. The van der Waals surface area contributed by atoms with Gasteiger partial charge in [0.05, 0.1) is 19.4 Å². The molecule has 0 unspecified atom stereocenters. The number of ether oxygens (including phenoxy) is 3. The zero-order valence-electron chi connectivity index (χ0n) is 17.4. The number of benzene rings is 2. The van der Waals surface area contributed by atoms with E-state index in [2.05, 4.69) is 35.7 Å². The standard InChI is InChI=1S/C22H23N7O3/c1-2-4-16(5-3-1)13-23-20-25-21(27-22(26-20)29-8-10-30-11-9-29)28-24-14-17-6-7-18-19(12-17)32-15-31-18/h1-7,12,14H,8-11,13,15H2,(H2,23,25,26,27,28)/b24-14+. The van der Waals surface area contributed by atoms with Gasteiger partial charge in [0, 0.05) is 19.6 Å². The fourth-order valence-electron chi connectivity index (χ4n) is 3.33. The molecule has 2 aliphatic heterocycles. The maximum Gasteiger partial charge on any atom is 0.250 e. The van der Waals surface area contributed by atoms with Gasteiger partial charge in [-0.2, -0.15) is 20.1 Å². The molecule has 0 spiro atoms. The second kappa shape index (κ2) is 9.48. The summed E-state index contributed by atoms with van der Waals surface area (Å²) in [7, 11) is 0. The lowest BCUT2D eigenvalue weighted by Crippen LogP contribution is -2.37. The van der Waals surface area contributed by atoms with Crippen LogP contribution < -0.4 is 25.1 Å². The van der Waals surface area contributed by atoms with Crippen molar-refractivity contribution < 1.29 is 14.2 Å². The van der Waals surface area contributed by atoms with Gasteiger partial charge in [-0.3, -0.25) is 0 Å². The van der Waals surface area contributed by atoms with Crippen molar-refractivity contribution in [3.05, 3.63) is 59.7 Å². The SMILES string of the molecule is C(=N\Nc1nc(NCc2ccccc2)nc(N2CCOCC2)n1)/c1ccc2c(c1)OCO2. The first-order valence-corrected chi connectivity index (χ1v) is 10.4. The lowest BCUT2D eigenvalue weighted by molar-refractivity contribution is 0.122. The van der Waals surface area contributed by atoms with Gasteiger partial charge >= 0.3 is 0 Å². The number of rotatable bonds is 7. The van der Waals surface area contributed by atoms with E-state index in [4.69, 9.17) is 14.2 Å². The average molecular weight is 433 g/mol. The molecule has 0 aliphatic carbocycles. The molecule has 164 valence electrons. The Morgan fingerprint density at radius 3 is 2.62 bits per heavy atom. The lowest BCUT2D eigenvalue weighted by atomic mass is 10.2. The fourth-order valence-corrected chi connectivity index (χ4v) is 3.33. The van der Waals surface area contributed by atoms with Gasteiger partial charge in [-0.25, -0.2) is 5.43 Å². The number of nitrogens with zero attached hydrogens (tertiary/aromatic N) is 5. The Bertz CT molecular complexity index is 1090. The summed E-state index contributed by atoms with van der Waals surface area (Å²) in [4.78, 5) is 15.7. The molecule has 0 saturated carbocycles. The van der Waals surface area contributed by atoms with Crippen molar-refractivity contribution in [2.75, 3.05) is 48.7 Å². The van der Waals surface area contributed by atoms with Crippen molar-refractivity contribution in [2.24, 2.45) is 5.10 Å². The predicted molar refractivity (Wildman–Crippen MR) is 120 cm³/mol. The highest BCUT2D eigenvalue weighted by Crippen LogP contribution is 2.32. The molecule has 0 atom stereocenters. The Morgan fingerprint density at radius 1 is 0.938 bits per heavy atom. The van der Waals surface area contributed by atoms with Gasteiger partial charge in [0.2, 0.25) is 24.6 Å². The smallest absolute Gasteiger partial charge is 0.250 e. The summed E-state index contributed by atoms with van der Waals surface area (Å²) in [5.41, 5.74) is 4.92. The largest absolute Gasteiger partial charge is 0.454 e. The Kier molecular flexibility index (Phi) is 5.93. The summed E-state index contributed by atoms with van der Waals surface area (Å²) in [6.07, 6.45) is 1.68. The normalized spacial score (nSPS) is 15.2. The Balaban J connectivity index is 1.32. The summed E-state index contributed by atoms with van der Waals surface area (Å²) >= 11 is 0. The average Bonchev–Trinajstić information content (AvgIpc) is 3.32. The highest BCUT2D eigenvalue weighted by Gasteiger charge is 2.17. The number of fused-ring (bicyclic) bond motifs is 1. The molecule has 0 radical (unpaired) electrons. The van der Waals surface area contributed by atoms with E-state index in [1.54, 1.807) is 6.21 Å². The van der Waals surface area contributed by atoms with Crippen LogP contribution in [0.5, 0.6) is 11.5 Å². The van der Waals surface area contributed by atoms with Gasteiger partial charge in [0.25, 0.3) is 0 Å². The molecule has 2 aliphatic rings. The molecule has 2 N–H and O–H groups in total. The monoisotopic (exact) mass is 433 g/mol. The second-order valence-electron chi connectivity index (χ2n) is 7.20. The van der Waals surface area contributed by atoms with E-state index in [9.17, 15) is 0 Å². The third kappa shape index (κ3) is 4.86. The molecule has 1 saturated heterocycles. The number of hydrogen-bond acceptors (Lipinski definition) is 10. The summed E-state index contributed by atoms with van der Waals surface area (Å²) in [6.45, 7) is 3.58. The Morgan fingerprint density at radius 2 is 1.75 bits per heavy atom. The molecule has 2 aromatic carbocycles. The number of morpholine rings is 1. The van der Waals surface area contributed by atoms with E-state index < -0.39 is 0 Å². The molecule has 10 nitrogen and oxygen atoms in total. The lowest BCUT2D eigenvalue weighted by Gasteiger charge is -2.27. The van der Waals surface area contributed by atoms with E-state index in [-0.39, 0.29) is 6.79 Å². The van der Waals surface area contributed by atoms with Crippen LogP contribution in [0.25, 0.3) is 0 Å². The summed E-state index contributed by atoms with van der Waals surface area (Å²) in [5.74, 6) is 2.85. The van der Waals surface area contributed by atoms with E-state index in [1.165, 1.54) is 0 Å². The van der Waals surface area contributed by atoms with Crippen LogP contribution in [0.1, 0.15) is 11.1 Å². The van der Waals surface area contributed by atoms with Crippen LogP contribution in [0.4, 0.5) is 17.8 Å². The molecule has 0 amide bonds. The van der Waals surface area contributed by atoms with Crippen LogP contribution in [-0.2, 0) is 11.3 Å².